The van der Waals surface area contributed by atoms with Gasteiger partial charge in [0.15, 0.2) is 5.65 Å². The number of aryl methyl sites for hydroxylation is 3. The van der Waals surface area contributed by atoms with Crippen LogP contribution in [0.5, 0.6) is 0 Å². The van der Waals surface area contributed by atoms with Crippen molar-refractivity contribution in [3.05, 3.63) is 23.0 Å². The molecule has 2 rings (SSSR count). The fourth-order valence-corrected chi connectivity index (χ4v) is 2.32. The predicted octanol–water partition coefficient (Wildman–Crippen LogP) is 1.09. The third kappa shape index (κ3) is 2.65. The van der Waals surface area contributed by atoms with E-state index in [-0.39, 0.29) is 18.6 Å². The number of aromatic nitrogens is 3. The molecule has 20 heavy (non-hydrogen) atoms. The Bertz CT molecular complexity index is 648. The van der Waals surface area contributed by atoms with Crippen molar-refractivity contribution >= 4 is 16.9 Å². The van der Waals surface area contributed by atoms with Crippen molar-refractivity contribution in [3.63, 3.8) is 0 Å². The lowest BCUT2D eigenvalue weighted by molar-refractivity contribution is 0.0936. The molecule has 0 aliphatic rings. The average molecular weight is 276 g/mol. The van der Waals surface area contributed by atoms with Crippen molar-refractivity contribution in [2.24, 2.45) is 7.05 Å². The Hall–Kier alpha value is -1.95. The molecule has 0 aromatic carbocycles. The zero-order chi connectivity index (χ0) is 14.9. The number of nitrogens with one attached hydrogen (secondary N) is 1. The molecule has 2 aromatic heterocycles. The third-order valence-corrected chi connectivity index (χ3v) is 3.28. The monoisotopic (exact) mass is 276 g/mol. The maximum Gasteiger partial charge on any atom is 0.252 e. The number of nitrogens with zero attached hydrogens (tertiary/aromatic N) is 3. The van der Waals surface area contributed by atoms with E-state index < -0.39 is 0 Å². The van der Waals surface area contributed by atoms with Crippen LogP contribution < -0.4 is 5.32 Å². The van der Waals surface area contributed by atoms with E-state index in [0.29, 0.717) is 17.6 Å². The molecular weight excluding hydrogens is 256 g/mol. The molecular formula is C14H20N4O2. The second kappa shape index (κ2) is 5.58. The number of carbonyl (C=O) groups excluding carboxylic acids is 1. The van der Waals surface area contributed by atoms with Gasteiger partial charge in [0.1, 0.15) is 0 Å². The molecule has 1 unspecified atom stereocenters. The zero-order valence-corrected chi connectivity index (χ0v) is 12.3. The molecule has 1 atom stereocenters. The van der Waals surface area contributed by atoms with Gasteiger partial charge in [-0.15, -0.1) is 0 Å². The van der Waals surface area contributed by atoms with E-state index in [1.54, 1.807) is 10.7 Å². The molecule has 2 heterocycles. The van der Waals surface area contributed by atoms with Gasteiger partial charge in [-0.3, -0.25) is 9.48 Å². The van der Waals surface area contributed by atoms with Crippen LogP contribution in [0.15, 0.2) is 6.07 Å². The van der Waals surface area contributed by atoms with Crippen molar-refractivity contribution in [1.29, 1.82) is 0 Å². The summed E-state index contributed by atoms with van der Waals surface area (Å²) in [7, 11) is 1.82. The summed E-state index contributed by atoms with van der Waals surface area (Å²) >= 11 is 0. The molecule has 0 radical (unpaired) electrons. The zero-order valence-electron chi connectivity index (χ0n) is 12.3. The number of hydrogen-bond acceptors (Lipinski definition) is 4. The number of pyridine rings is 1. The predicted molar refractivity (Wildman–Crippen MR) is 76.6 cm³/mol. The standard InChI is InChI=1S/C14H20N4O2/c1-8(5-6-19)16-14(20)11-7-9(2)15-13-12(11)10(3)17-18(13)4/h7-8,19H,5-6H2,1-4H3,(H,16,20). The van der Waals surface area contributed by atoms with Crippen LogP contribution in [-0.2, 0) is 7.05 Å². The minimum atomic E-state index is -0.155. The lowest BCUT2D eigenvalue weighted by Gasteiger charge is -2.13. The van der Waals surface area contributed by atoms with E-state index in [2.05, 4.69) is 15.4 Å². The quantitative estimate of drug-likeness (QED) is 0.876. The smallest absolute Gasteiger partial charge is 0.252 e. The van der Waals surface area contributed by atoms with Crippen LogP contribution in [0.4, 0.5) is 0 Å². The normalized spacial score (nSPS) is 12.7. The fourth-order valence-electron chi connectivity index (χ4n) is 2.32. The molecule has 6 nitrogen and oxygen atoms in total. The topological polar surface area (TPSA) is 80.0 Å². The van der Waals surface area contributed by atoms with Crippen molar-refractivity contribution < 1.29 is 9.90 Å². The number of aliphatic hydroxyl groups excluding tert-OH is 1. The Morgan fingerprint density at radius 2 is 2.20 bits per heavy atom. The summed E-state index contributed by atoms with van der Waals surface area (Å²) in [6.07, 6.45) is 0.533. The highest BCUT2D eigenvalue weighted by atomic mass is 16.3. The van der Waals surface area contributed by atoms with Crippen LogP contribution in [0, 0.1) is 13.8 Å². The number of hydrogen-bond donors (Lipinski definition) is 2. The highest BCUT2D eigenvalue weighted by Gasteiger charge is 2.18. The second-order valence-electron chi connectivity index (χ2n) is 5.11. The molecule has 0 aliphatic heterocycles. The Morgan fingerprint density at radius 1 is 1.50 bits per heavy atom. The number of amides is 1. The van der Waals surface area contributed by atoms with Crippen molar-refractivity contribution in [1.82, 2.24) is 20.1 Å². The SMILES string of the molecule is Cc1cc(C(=O)NC(C)CCO)c2c(C)nn(C)c2n1. The largest absolute Gasteiger partial charge is 0.396 e. The summed E-state index contributed by atoms with van der Waals surface area (Å²) in [5, 5.41) is 16.9. The molecule has 6 heteroatoms. The molecule has 0 bridgehead atoms. The van der Waals surface area contributed by atoms with E-state index in [1.165, 1.54) is 0 Å². The molecule has 2 aromatic rings. The van der Waals surface area contributed by atoms with Gasteiger partial charge in [-0.2, -0.15) is 5.10 Å². The van der Waals surface area contributed by atoms with Crippen LogP contribution in [0.2, 0.25) is 0 Å². The molecule has 0 fully saturated rings. The van der Waals surface area contributed by atoms with E-state index in [9.17, 15) is 4.79 Å². The minimum Gasteiger partial charge on any atom is -0.396 e. The van der Waals surface area contributed by atoms with E-state index in [4.69, 9.17) is 5.11 Å². The molecule has 0 aliphatic carbocycles. The van der Waals surface area contributed by atoms with Crippen molar-refractivity contribution in [2.45, 2.75) is 33.2 Å². The Labute approximate surface area is 117 Å². The highest BCUT2D eigenvalue weighted by molar-refractivity contribution is 6.06. The summed E-state index contributed by atoms with van der Waals surface area (Å²) in [6.45, 7) is 5.65. The molecule has 0 saturated carbocycles. The van der Waals surface area contributed by atoms with Crippen molar-refractivity contribution in [2.75, 3.05) is 6.61 Å². The Morgan fingerprint density at radius 3 is 2.85 bits per heavy atom. The Kier molecular flexibility index (Phi) is 4.04. The maximum atomic E-state index is 12.4. The first-order valence-electron chi connectivity index (χ1n) is 6.66. The van der Waals surface area contributed by atoms with Gasteiger partial charge in [0, 0.05) is 25.4 Å². The second-order valence-corrected chi connectivity index (χ2v) is 5.11. The summed E-state index contributed by atoms with van der Waals surface area (Å²) in [5.74, 6) is -0.155. The number of rotatable bonds is 4. The molecule has 0 saturated heterocycles. The lowest BCUT2D eigenvalue weighted by atomic mass is 10.1. The summed E-state index contributed by atoms with van der Waals surface area (Å²) < 4.78 is 1.69. The molecule has 108 valence electrons. The maximum absolute atomic E-state index is 12.4. The van der Waals surface area contributed by atoms with E-state index in [0.717, 1.165) is 16.8 Å². The molecule has 2 N–H and O–H groups in total. The van der Waals surface area contributed by atoms with Gasteiger partial charge in [-0.05, 0) is 33.3 Å². The minimum absolute atomic E-state index is 0.0537. The molecule has 1 amide bonds. The van der Waals surface area contributed by atoms with Crippen molar-refractivity contribution in [3.8, 4) is 0 Å². The first-order valence-corrected chi connectivity index (χ1v) is 6.66. The van der Waals surface area contributed by atoms with Gasteiger partial charge in [0.05, 0.1) is 16.6 Å². The van der Waals surface area contributed by atoms with Gasteiger partial charge in [-0.1, -0.05) is 0 Å². The number of fused-ring (bicyclic) bond motifs is 1. The van der Waals surface area contributed by atoms with E-state index in [1.807, 2.05) is 27.8 Å². The van der Waals surface area contributed by atoms with Gasteiger partial charge < -0.3 is 10.4 Å². The van der Waals surface area contributed by atoms with Crippen LogP contribution in [0.1, 0.15) is 35.1 Å². The van der Waals surface area contributed by atoms with E-state index >= 15 is 0 Å². The van der Waals surface area contributed by atoms with Crippen LogP contribution in [-0.4, -0.2) is 38.4 Å². The average Bonchev–Trinajstić information content (AvgIpc) is 2.64. The Balaban J connectivity index is 2.45. The van der Waals surface area contributed by atoms with Crippen LogP contribution >= 0.6 is 0 Å². The number of aliphatic hydroxyl groups is 1. The first kappa shape index (κ1) is 14.5. The summed E-state index contributed by atoms with van der Waals surface area (Å²) in [6, 6.07) is 1.70. The van der Waals surface area contributed by atoms with Crippen LogP contribution in [0.25, 0.3) is 11.0 Å². The summed E-state index contributed by atoms with van der Waals surface area (Å²) in [5.41, 5.74) is 2.86. The van der Waals surface area contributed by atoms with Gasteiger partial charge in [-0.25, -0.2) is 4.98 Å². The fraction of sp³-hybridized carbons (Fsp3) is 0.500. The first-order chi connectivity index (χ1) is 9.43. The van der Waals surface area contributed by atoms with Gasteiger partial charge in [0.25, 0.3) is 5.91 Å². The highest BCUT2D eigenvalue weighted by Crippen LogP contribution is 2.21. The molecule has 0 spiro atoms. The lowest BCUT2D eigenvalue weighted by Crippen LogP contribution is -2.33. The van der Waals surface area contributed by atoms with Gasteiger partial charge >= 0.3 is 0 Å². The number of carbonyl (C=O) groups is 1. The summed E-state index contributed by atoms with van der Waals surface area (Å²) in [4.78, 5) is 16.8. The third-order valence-electron chi connectivity index (χ3n) is 3.28. The van der Waals surface area contributed by atoms with Crippen LogP contribution in [0.3, 0.4) is 0 Å². The van der Waals surface area contributed by atoms with Gasteiger partial charge in [0.2, 0.25) is 0 Å².